The molecule has 0 unspecified atom stereocenters. The van der Waals surface area contributed by atoms with Crippen LogP contribution in [-0.2, 0) is 0 Å². The Kier molecular flexibility index (Phi) is 36.5. The average Bonchev–Trinajstić information content (AvgIpc) is 0.712. The van der Waals surface area contributed by atoms with E-state index in [9.17, 15) is 0 Å². The summed E-state index contributed by atoms with van der Waals surface area (Å²) in [5.74, 6) is 0. The molecule has 0 atom stereocenters. The highest BCUT2D eigenvalue weighted by molar-refractivity contribution is 6.34. The standard InChI is InChI=1S/C42H28.C32H24.10C2H6/c1-5-17-29(18-6-1)37-33-25-13-14-26-34(33)39(31-21-9-3-10-22-31)42-40(32-23-11-4-12-24-32)36-28-16-15-27-35(36)38(41(37)42)30-19-7-2-8-20-30;1-21-25-17-9-10-18-26(25)22(2)30-29(21)31(23-13-5-3-6-14-23)27-19-11-12-20-28(27)32(30)24-15-7-4-8-16-24;10*1-2/h1-28H;3-20H,1-2H3;10*1-2H3. The molecule has 0 fully saturated rings. The Morgan fingerprint density at radius 2 is 0.245 bits per heavy atom. The molecule has 0 nitrogen and oxygen atoms in total. The van der Waals surface area contributed by atoms with E-state index in [-0.39, 0.29) is 0 Å². The number of benzene rings is 14. The molecule has 0 amide bonds. The molecule has 94 heavy (non-hydrogen) atoms. The van der Waals surface area contributed by atoms with Crippen LogP contribution in [-0.4, -0.2) is 0 Å². The van der Waals surface area contributed by atoms with Gasteiger partial charge in [-0.25, -0.2) is 0 Å². The lowest BCUT2D eigenvalue weighted by Gasteiger charge is -2.25. The SMILES string of the molecule is CC.CC.CC.CC.CC.CC.CC.CC.CC.CC.Cc1c2ccccc2c(C)c2c(-c3ccccc3)c3ccccc3c(-c3ccccc3)c12.c1ccc(-c2c3ccccc3c(-c3ccccc3)c3c(-c4ccccc4)c4ccccc4c(-c4ccccc4)c23)cc1. The van der Waals surface area contributed by atoms with Crippen molar-refractivity contribution >= 4 is 64.6 Å². The maximum atomic E-state index is 2.30. The predicted octanol–water partition coefficient (Wildman–Crippen LogP) is 31.2. The molecule has 0 aliphatic rings. The summed E-state index contributed by atoms with van der Waals surface area (Å²) in [4.78, 5) is 0. The third-order valence-electron chi connectivity index (χ3n) is 15.3. The molecule has 0 radical (unpaired) electrons. The van der Waals surface area contributed by atoms with E-state index >= 15 is 0 Å². The molecule has 0 aliphatic carbocycles. The highest BCUT2D eigenvalue weighted by Crippen LogP contribution is 2.54. The Hall–Kier alpha value is -9.36. The second kappa shape index (κ2) is 43.5. The molecule has 14 aromatic carbocycles. The largest absolute Gasteiger partial charge is 0.0683 e. The number of fused-ring (bicyclic) bond motifs is 6. The number of hydrogen-bond acceptors (Lipinski definition) is 0. The molecule has 0 heteroatoms. The van der Waals surface area contributed by atoms with Gasteiger partial charge in [0.15, 0.2) is 0 Å². The number of aryl methyl sites for hydroxylation is 2. The lowest BCUT2D eigenvalue weighted by molar-refractivity contribution is 1.50. The predicted molar refractivity (Wildman–Crippen MR) is 433 cm³/mol. The zero-order chi connectivity index (χ0) is 69.5. The summed E-state index contributed by atoms with van der Waals surface area (Å²) in [6, 6.07) is 101. The maximum Gasteiger partial charge on any atom is -0.000139 e. The first-order chi connectivity index (χ1) is 46.7. The number of hydrogen-bond donors (Lipinski definition) is 0. The fourth-order valence-electron chi connectivity index (χ4n) is 12.1. The normalized spacial score (nSPS) is 9.60. The van der Waals surface area contributed by atoms with E-state index in [0.717, 1.165) is 0 Å². The minimum Gasteiger partial charge on any atom is -0.0683 e. The third-order valence-corrected chi connectivity index (χ3v) is 15.3. The minimum atomic E-state index is 1.23. The van der Waals surface area contributed by atoms with E-state index < -0.39 is 0 Å². The summed E-state index contributed by atoms with van der Waals surface area (Å²) in [5.41, 5.74) is 17.9. The van der Waals surface area contributed by atoms with Crippen molar-refractivity contribution < 1.29 is 0 Å². The highest BCUT2D eigenvalue weighted by Gasteiger charge is 2.26. The van der Waals surface area contributed by atoms with Gasteiger partial charge in [0, 0.05) is 0 Å². The smallest absolute Gasteiger partial charge is 0.000139 e. The van der Waals surface area contributed by atoms with Crippen LogP contribution < -0.4 is 0 Å². The van der Waals surface area contributed by atoms with Crippen LogP contribution in [0.1, 0.15) is 150 Å². The van der Waals surface area contributed by atoms with Crippen molar-refractivity contribution in [2.75, 3.05) is 0 Å². The molecule has 0 aliphatic heterocycles. The Balaban J connectivity index is 0.000000395. The lowest BCUT2D eigenvalue weighted by atomic mass is 9.77. The first kappa shape index (κ1) is 78.9. The molecule has 0 N–H and O–H groups in total. The Morgan fingerprint density at radius 3 is 0.394 bits per heavy atom. The van der Waals surface area contributed by atoms with Crippen LogP contribution >= 0.6 is 0 Å². The van der Waals surface area contributed by atoms with Crippen molar-refractivity contribution in [1.29, 1.82) is 0 Å². The van der Waals surface area contributed by atoms with Gasteiger partial charge in [-0.1, -0.05) is 418 Å². The molecular formula is C94H112. The zero-order valence-electron chi connectivity index (χ0n) is 61.6. The van der Waals surface area contributed by atoms with Gasteiger partial charge in [0.1, 0.15) is 0 Å². The van der Waals surface area contributed by atoms with Crippen LogP contribution in [0.3, 0.4) is 0 Å². The summed E-state index contributed by atoms with van der Waals surface area (Å²) in [6.45, 7) is 44.6. The molecule has 0 bridgehead atoms. The van der Waals surface area contributed by atoms with Crippen LogP contribution in [0.15, 0.2) is 279 Å². The van der Waals surface area contributed by atoms with E-state index in [1.165, 1.54) is 143 Å². The van der Waals surface area contributed by atoms with Gasteiger partial charge in [0.2, 0.25) is 0 Å². The summed E-state index contributed by atoms with van der Waals surface area (Å²) >= 11 is 0. The van der Waals surface area contributed by atoms with Crippen LogP contribution in [0, 0.1) is 13.8 Å². The van der Waals surface area contributed by atoms with Crippen molar-refractivity contribution in [2.45, 2.75) is 152 Å². The van der Waals surface area contributed by atoms with Crippen molar-refractivity contribution in [1.82, 2.24) is 0 Å². The van der Waals surface area contributed by atoms with Gasteiger partial charge in [0.05, 0.1) is 0 Å². The maximum absolute atomic E-state index is 2.30. The first-order valence-corrected chi connectivity index (χ1v) is 35.8. The topological polar surface area (TPSA) is 0 Å². The molecule has 488 valence electrons. The molecule has 0 saturated heterocycles. The van der Waals surface area contributed by atoms with Crippen LogP contribution in [0.2, 0.25) is 0 Å². The minimum absolute atomic E-state index is 1.23. The van der Waals surface area contributed by atoms with Crippen LogP contribution in [0.5, 0.6) is 0 Å². The first-order valence-electron chi connectivity index (χ1n) is 35.8. The van der Waals surface area contributed by atoms with Crippen molar-refractivity contribution in [3.63, 3.8) is 0 Å². The molecule has 0 saturated carbocycles. The molecular weight excluding hydrogens is 1130 g/mol. The van der Waals surface area contributed by atoms with Gasteiger partial charge in [-0.3, -0.25) is 0 Å². The Morgan fingerprint density at radius 1 is 0.128 bits per heavy atom. The molecule has 0 aromatic heterocycles. The second-order valence-corrected chi connectivity index (χ2v) is 19.4. The fourth-order valence-corrected chi connectivity index (χ4v) is 12.1. The van der Waals surface area contributed by atoms with Crippen molar-refractivity contribution in [3.8, 4) is 66.8 Å². The quantitative estimate of drug-likeness (QED) is 0.146. The van der Waals surface area contributed by atoms with Gasteiger partial charge in [-0.05, 0) is 156 Å². The van der Waals surface area contributed by atoms with Gasteiger partial charge < -0.3 is 0 Å². The molecule has 0 heterocycles. The summed E-state index contributed by atoms with van der Waals surface area (Å²) < 4.78 is 0. The highest BCUT2D eigenvalue weighted by atomic mass is 14.3. The van der Waals surface area contributed by atoms with E-state index in [1.54, 1.807) is 0 Å². The number of rotatable bonds is 6. The van der Waals surface area contributed by atoms with Crippen molar-refractivity contribution in [2.24, 2.45) is 0 Å². The van der Waals surface area contributed by atoms with Gasteiger partial charge in [-0.2, -0.15) is 0 Å². The Labute approximate surface area is 570 Å². The zero-order valence-corrected chi connectivity index (χ0v) is 61.6. The molecule has 14 rings (SSSR count). The Bertz CT molecular complexity index is 3930. The van der Waals surface area contributed by atoms with E-state index in [4.69, 9.17) is 0 Å². The lowest BCUT2D eigenvalue weighted by Crippen LogP contribution is -1.97. The summed E-state index contributed by atoms with van der Waals surface area (Å²) in [7, 11) is 0. The average molecular weight is 1240 g/mol. The van der Waals surface area contributed by atoms with Gasteiger partial charge >= 0.3 is 0 Å². The van der Waals surface area contributed by atoms with Crippen LogP contribution in [0.25, 0.3) is 131 Å². The molecule has 0 spiro atoms. The van der Waals surface area contributed by atoms with Gasteiger partial charge in [-0.15, -0.1) is 0 Å². The van der Waals surface area contributed by atoms with Crippen molar-refractivity contribution in [3.05, 3.63) is 290 Å². The van der Waals surface area contributed by atoms with E-state index in [0.29, 0.717) is 0 Å². The van der Waals surface area contributed by atoms with Gasteiger partial charge in [0.25, 0.3) is 0 Å². The van der Waals surface area contributed by atoms with Crippen LogP contribution in [0.4, 0.5) is 0 Å². The molecule has 14 aromatic rings. The third kappa shape index (κ3) is 17.3. The summed E-state index contributed by atoms with van der Waals surface area (Å²) in [5, 5.41) is 15.7. The van der Waals surface area contributed by atoms with E-state index in [2.05, 4.69) is 293 Å². The fraction of sp³-hybridized carbons (Fsp3) is 0.234. The second-order valence-electron chi connectivity index (χ2n) is 19.4. The van der Waals surface area contributed by atoms with E-state index in [1.807, 2.05) is 138 Å². The monoisotopic (exact) mass is 1240 g/mol. The summed E-state index contributed by atoms with van der Waals surface area (Å²) in [6.07, 6.45) is 0.